The Hall–Kier alpha value is -4.95. The number of nitrogens with zero attached hydrogens (tertiary/aromatic N) is 3. The lowest BCUT2D eigenvalue weighted by atomic mass is 9.82. The Kier molecular flexibility index (Phi) is 21.5. The molecule has 14 heteroatoms. The summed E-state index contributed by atoms with van der Waals surface area (Å²) in [4.78, 5) is 74.9. The third kappa shape index (κ3) is 14.8. The second-order valence-electron chi connectivity index (χ2n) is 18.9. The van der Waals surface area contributed by atoms with Crippen molar-refractivity contribution in [2.45, 2.75) is 150 Å². The van der Waals surface area contributed by atoms with E-state index in [-0.39, 0.29) is 78.2 Å². The molecule has 2 aromatic rings. The number of hydrogen-bond acceptors (Lipinski definition) is 9. The average molecular weight is 905 g/mol. The maximum atomic E-state index is 14.6. The van der Waals surface area contributed by atoms with Gasteiger partial charge >= 0.3 is 6.09 Å². The standard InChI is InChI=1S/C51H80N6O8/c1-15-34(9)45(38(16-2)29-42(58)57-28-20-23-41(57)47(64-14)35(10)48(60)53-36(11)46(59)39-21-18-17-19-22-39)55(12)50(62)43(31(3)4)54-49(61)44(32(5)6)56(13)51(63)65-30-37-24-26-40(27-25-37)52-33(7)8/h17-19,21-22,24-27,31-35,38,41,43-47,52,59H,11,15-16,20,23,28-30H2,1-10,12-14H3,(H,53,60)(H,54,61)/t34-,35+,38+,41-,43+,44-,45-,46+,47+/m0/s1. The molecule has 0 saturated carbocycles. The summed E-state index contributed by atoms with van der Waals surface area (Å²) in [5.74, 6) is -2.63. The summed E-state index contributed by atoms with van der Waals surface area (Å²) in [6.07, 6.45) is 0.602. The topological polar surface area (TPSA) is 170 Å². The van der Waals surface area contributed by atoms with E-state index in [0.29, 0.717) is 24.9 Å². The van der Waals surface area contributed by atoms with Crippen molar-refractivity contribution in [3.8, 4) is 0 Å². The number of methoxy groups -OCH3 is 1. The molecule has 1 heterocycles. The number of nitrogens with one attached hydrogen (secondary N) is 3. The van der Waals surface area contributed by atoms with Gasteiger partial charge in [0, 0.05) is 57.6 Å². The second-order valence-corrected chi connectivity index (χ2v) is 18.9. The Morgan fingerprint density at radius 1 is 0.862 bits per heavy atom. The number of aliphatic hydroxyl groups excluding tert-OH is 1. The fourth-order valence-corrected chi connectivity index (χ4v) is 9.15. The van der Waals surface area contributed by atoms with Gasteiger partial charge in [-0.1, -0.05) is 117 Å². The molecule has 0 bridgehead atoms. The Bertz CT molecular complexity index is 1860. The summed E-state index contributed by atoms with van der Waals surface area (Å²) in [5, 5.41) is 19.9. The quantitative estimate of drug-likeness (QED) is 0.0832. The highest BCUT2D eigenvalue weighted by Gasteiger charge is 2.43. The first kappa shape index (κ1) is 54.4. The van der Waals surface area contributed by atoms with Gasteiger partial charge in [0.15, 0.2) is 0 Å². The number of rotatable bonds is 24. The third-order valence-corrected chi connectivity index (χ3v) is 13.0. The Labute approximate surface area is 389 Å². The molecule has 0 aliphatic carbocycles. The first-order valence-electron chi connectivity index (χ1n) is 23.6. The van der Waals surface area contributed by atoms with E-state index in [4.69, 9.17) is 9.47 Å². The van der Waals surface area contributed by atoms with E-state index in [2.05, 4.69) is 50.2 Å². The number of amides is 5. The normalized spacial score (nSPS) is 17.6. The van der Waals surface area contributed by atoms with Gasteiger partial charge in [-0.25, -0.2) is 4.79 Å². The SMILES string of the molecule is C=C(NC(=O)[C@H](C)[C@@H](OC)[C@@H]1CCCN1C(=O)C[C@@H](CC)[C@H]([C@@H](C)CC)N(C)C(=O)[C@H](NC(=O)[C@H](C(C)C)N(C)C(=O)OCc1ccc(NC(C)C)cc1)C(C)C)[C@@H](O)c1ccccc1. The molecule has 0 unspecified atom stereocenters. The molecule has 5 amide bonds. The highest BCUT2D eigenvalue weighted by Crippen LogP contribution is 2.32. The van der Waals surface area contributed by atoms with E-state index in [9.17, 15) is 29.1 Å². The number of aliphatic hydroxyl groups is 1. The highest BCUT2D eigenvalue weighted by atomic mass is 16.6. The number of likely N-dealkylation sites (N-methyl/N-ethyl adjacent to an activating group) is 2. The summed E-state index contributed by atoms with van der Waals surface area (Å²) >= 11 is 0. The minimum absolute atomic E-state index is 0.0151. The monoisotopic (exact) mass is 905 g/mol. The summed E-state index contributed by atoms with van der Waals surface area (Å²) in [5.41, 5.74) is 2.53. The van der Waals surface area contributed by atoms with E-state index in [1.807, 2.05) is 69.9 Å². The lowest BCUT2D eigenvalue weighted by molar-refractivity contribution is -0.144. The molecule has 0 radical (unpaired) electrons. The molecule has 1 aliphatic heterocycles. The first-order chi connectivity index (χ1) is 30.7. The molecule has 9 atom stereocenters. The average Bonchev–Trinajstić information content (AvgIpc) is 3.76. The largest absolute Gasteiger partial charge is 0.445 e. The van der Waals surface area contributed by atoms with Gasteiger partial charge in [-0.2, -0.15) is 0 Å². The van der Waals surface area contributed by atoms with Crippen LogP contribution in [0.5, 0.6) is 0 Å². The second kappa shape index (κ2) is 25.7. The molecule has 1 aliphatic rings. The molecule has 65 heavy (non-hydrogen) atoms. The molecule has 362 valence electrons. The number of benzene rings is 2. The molecule has 14 nitrogen and oxygen atoms in total. The van der Waals surface area contributed by atoms with E-state index in [1.54, 1.807) is 50.2 Å². The maximum Gasteiger partial charge on any atom is 0.410 e. The Morgan fingerprint density at radius 2 is 1.49 bits per heavy atom. The number of anilines is 1. The Morgan fingerprint density at radius 3 is 2.03 bits per heavy atom. The summed E-state index contributed by atoms with van der Waals surface area (Å²) in [6, 6.07) is 14.4. The van der Waals surface area contributed by atoms with Crippen molar-refractivity contribution in [1.29, 1.82) is 0 Å². The minimum atomic E-state index is -1.08. The van der Waals surface area contributed by atoms with Crippen LogP contribution in [0.25, 0.3) is 0 Å². The summed E-state index contributed by atoms with van der Waals surface area (Å²) in [6.45, 7) is 23.9. The van der Waals surface area contributed by atoms with E-state index < -0.39 is 42.2 Å². The van der Waals surface area contributed by atoms with Crippen LogP contribution < -0.4 is 16.0 Å². The van der Waals surface area contributed by atoms with Crippen molar-refractivity contribution < 1.29 is 38.6 Å². The molecule has 2 aromatic carbocycles. The maximum absolute atomic E-state index is 14.6. The summed E-state index contributed by atoms with van der Waals surface area (Å²) < 4.78 is 11.6. The summed E-state index contributed by atoms with van der Waals surface area (Å²) in [7, 11) is 4.83. The van der Waals surface area contributed by atoms with Crippen molar-refractivity contribution in [3.05, 3.63) is 78.0 Å². The smallest absolute Gasteiger partial charge is 0.410 e. The van der Waals surface area contributed by atoms with Crippen molar-refractivity contribution >= 4 is 35.4 Å². The molecule has 4 N–H and O–H groups in total. The first-order valence-corrected chi connectivity index (χ1v) is 23.6. The zero-order valence-electron chi connectivity index (χ0n) is 41.4. The molecule has 1 fully saturated rings. The van der Waals surface area contributed by atoms with Crippen molar-refractivity contribution in [2.75, 3.05) is 33.1 Å². The lowest BCUT2D eigenvalue weighted by Gasteiger charge is -2.41. The zero-order valence-corrected chi connectivity index (χ0v) is 41.4. The predicted octanol–water partition coefficient (Wildman–Crippen LogP) is 7.54. The van der Waals surface area contributed by atoms with Gasteiger partial charge in [-0.05, 0) is 73.6 Å². The van der Waals surface area contributed by atoms with Gasteiger partial charge in [0.25, 0.3) is 0 Å². The fraction of sp³-hybridized carbons (Fsp3) is 0.627. The van der Waals surface area contributed by atoms with E-state index >= 15 is 0 Å². The fourth-order valence-electron chi connectivity index (χ4n) is 9.15. The molecule has 0 spiro atoms. The lowest BCUT2D eigenvalue weighted by Crippen LogP contribution is -2.59. The molecule has 3 rings (SSSR count). The van der Waals surface area contributed by atoms with Gasteiger partial charge < -0.3 is 40.3 Å². The Balaban J connectivity index is 1.74. The van der Waals surface area contributed by atoms with Crippen molar-refractivity contribution in [1.82, 2.24) is 25.3 Å². The van der Waals surface area contributed by atoms with Gasteiger partial charge in [0.1, 0.15) is 24.8 Å². The number of ether oxygens (including phenoxy) is 2. The molecular formula is C51H80N6O8. The third-order valence-electron chi connectivity index (χ3n) is 13.0. The van der Waals surface area contributed by atoms with Gasteiger partial charge in [0.2, 0.25) is 23.6 Å². The number of carbonyl (C=O) groups excluding carboxylic acids is 5. The van der Waals surface area contributed by atoms with Crippen LogP contribution in [0.2, 0.25) is 0 Å². The van der Waals surface area contributed by atoms with E-state index in [1.165, 1.54) is 11.9 Å². The van der Waals surface area contributed by atoms with Crippen LogP contribution >= 0.6 is 0 Å². The van der Waals surface area contributed by atoms with Gasteiger partial charge in [-0.15, -0.1) is 0 Å². The minimum Gasteiger partial charge on any atom is -0.445 e. The van der Waals surface area contributed by atoms with Gasteiger partial charge in [-0.3, -0.25) is 24.1 Å². The number of likely N-dealkylation sites (tertiary alicyclic amines) is 1. The van der Waals surface area contributed by atoms with Crippen LogP contribution in [0.15, 0.2) is 66.9 Å². The number of carbonyl (C=O) groups is 5. The molecule has 0 aromatic heterocycles. The molecular weight excluding hydrogens is 825 g/mol. The van der Waals surface area contributed by atoms with Crippen LogP contribution in [-0.4, -0.2) is 114 Å². The molecule has 1 saturated heterocycles. The van der Waals surface area contributed by atoms with E-state index in [0.717, 1.165) is 24.1 Å². The van der Waals surface area contributed by atoms with Crippen LogP contribution in [0.3, 0.4) is 0 Å². The predicted molar refractivity (Wildman–Crippen MR) is 256 cm³/mol. The zero-order chi connectivity index (χ0) is 48.7. The van der Waals surface area contributed by atoms with Crippen LogP contribution in [0.1, 0.15) is 119 Å². The van der Waals surface area contributed by atoms with Crippen LogP contribution in [0.4, 0.5) is 10.5 Å². The van der Waals surface area contributed by atoms with Crippen LogP contribution in [0, 0.1) is 29.6 Å². The van der Waals surface area contributed by atoms with Crippen molar-refractivity contribution in [3.63, 3.8) is 0 Å². The highest BCUT2D eigenvalue weighted by molar-refractivity contribution is 5.91. The number of hydrogen-bond donors (Lipinski definition) is 4. The van der Waals surface area contributed by atoms with Gasteiger partial charge in [0.05, 0.1) is 18.1 Å². The van der Waals surface area contributed by atoms with Crippen LogP contribution in [-0.2, 0) is 35.3 Å². The van der Waals surface area contributed by atoms with Crippen molar-refractivity contribution in [2.24, 2.45) is 29.6 Å².